The zero-order chi connectivity index (χ0) is 13.9. The van der Waals surface area contributed by atoms with Crippen LogP contribution in [-0.4, -0.2) is 29.6 Å². The highest BCUT2D eigenvalue weighted by atomic mass is 16.3. The van der Waals surface area contributed by atoms with Gasteiger partial charge in [-0.2, -0.15) is 0 Å². The van der Waals surface area contributed by atoms with Crippen LogP contribution in [0.1, 0.15) is 37.3 Å². The fraction of sp³-hybridized carbons (Fsp3) is 0.562. The first-order chi connectivity index (χ1) is 9.11. The molecule has 3 nitrogen and oxygen atoms in total. The molecule has 0 spiro atoms. The monoisotopic (exact) mass is 261 g/mol. The van der Waals surface area contributed by atoms with Crippen LogP contribution in [0.4, 0.5) is 0 Å². The molecule has 0 heterocycles. The van der Waals surface area contributed by atoms with Crippen LogP contribution in [0.25, 0.3) is 0 Å². The van der Waals surface area contributed by atoms with Crippen molar-refractivity contribution in [1.82, 2.24) is 4.90 Å². The molecule has 0 radical (unpaired) electrons. The summed E-state index contributed by atoms with van der Waals surface area (Å²) in [5.41, 5.74) is 2.02. The van der Waals surface area contributed by atoms with Crippen LogP contribution in [0.15, 0.2) is 24.3 Å². The summed E-state index contributed by atoms with van der Waals surface area (Å²) < 4.78 is 0. The molecule has 1 aromatic carbocycles. The van der Waals surface area contributed by atoms with Crippen molar-refractivity contribution in [1.29, 1.82) is 0 Å². The average Bonchev–Trinajstić information content (AvgIpc) is 3.21. The maximum Gasteiger partial charge on any atom is 0.231 e. The van der Waals surface area contributed by atoms with Gasteiger partial charge in [0.1, 0.15) is 0 Å². The Morgan fingerprint density at radius 3 is 2.32 bits per heavy atom. The van der Waals surface area contributed by atoms with Crippen molar-refractivity contribution in [2.75, 3.05) is 13.7 Å². The molecule has 1 amide bonds. The summed E-state index contributed by atoms with van der Waals surface area (Å²) in [6.07, 6.45) is 3.89. The average molecular weight is 261 g/mol. The lowest BCUT2D eigenvalue weighted by molar-refractivity contribution is -0.137. The second-order valence-corrected chi connectivity index (χ2v) is 5.67. The second-order valence-electron chi connectivity index (χ2n) is 5.67. The SMILES string of the molecule is CCCc1ccc(CN(C)C(=O)C2(CO)CC2)cc1. The number of hydrogen-bond acceptors (Lipinski definition) is 2. The topological polar surface area (TPSA) is 40.5 Å². The van der Waals surface area contributed by atoms with E-state index in [0.29, 0.717) is 6.54 Å². The number of carbonyl (C=O) groups is 1. The zero-order valence-electron chi connectivity index (χ0n) is 11.9. The first-order valence-electron chi connectivity index (χ1n) is 7.05. The molecule has 1 saturated carbocycles. The van der Waals surface area contributed by atoms with Crippen molar-refractivity contribution in [3.05, 3.63) is 35.4 Å². The predicted octanol–water partition coefficient (Wildman–Crippen LogP) is 2.37. The van der Waals surface area contributed by atoms with Gasteiger partial charge in [0.2, 0.25) is 5.91 Å². The first kappa shape index (κ1) is 14.1. The lowest BCUT2D eigenvalue weighted by Gasteiger charge is -2.22. The summed E-state index contributed by atoms with van der Waals surface area (Å²) in [7, 11) is 1.82. The minimum Gasteiger partial charge on any atom is -0.395 e. The molecule has 0 saturated heterocycles. The van der Waals surface area contributed by atoms with E-state index in [9.17, 15) is 9.90 Å². The number of aliphatic hydroxyl groups excluding tert-OH is 1. The van der Waals surface area contributed by atoms with Crippen molar-refractivity contribution in [2.24, 2.45) is 5.41 Å². The van der Waals surface area contributed by atoms with E-state index in [4.69, 9.17) is 0 Å². The third-order valence-electron chi connectivity index (χ3n) is 3.94. The Kier molecular flexibility index (Phi) is 4.25. The third-order valence-corrected chi connectivity index (χ3v) is 3.94. The smallest absolute Gasteiger partial charge is 0.231 e. The van der Waals surface area contributed by atoms with Crippen LogP contribution in [0, 0.1) is 5.41 Å². The van der Waals surface area contributed by atoms with E-state index in [2.05, 4.69) is 31.2 Å². The van der Waals surface area contributed by atoms with E-state index in [1.54, 1.807) is 4.90 Å². The number of aliphatic hydroxyl groups is 1. The molecule has 0 aromatic heterocycles. The number of aryl methyl sites for hydroxylation is 1. The summed E-state index contributed by atoms with van der Waals surface area (Å²) in [6.45, 7) is 2.77. The molecule has 1 aromatic rings. The largest absolute Gasteiger partial charge is 0.395 e. The van der Waals surface area contributed by atoms with Gasteiger partial charge in [-0.05, 0) is 30.4 Å². The number of nitrogens with zero attached hydrogens (tertiary/aromatic N) is 1. The molecule has 0 atom stereocenters. The number of amides is 1. The Labute approximate surface area is 115 Å². The zero-order valence-corrected chi connectivity index (χ0v) is 11.9. The molecule has 0 aliphatic heterocycles. The van der Waals surface area contributed by atoms with Gasteiger partial charge in [-0.15, -0.1) is 0 Å². The van der Waals surface area contributed by atoms with Crippen molar-refractivity contribution in [2.45, 2.75) is 39.2 Å². The Morgan fingerprint density at radius 1 is 1.26 bits per heavy atom. The second kappa shape index (κ2) is 5.74. The van der Waals surface area contributed by atoms with Gasteiger partial charge in [0, 0.05) is 13.6 Å². The van der Waals surface area contributed by atoms with Gasteiger partial charge in [0.05, 0.1) is 12.0 Å². The Morgan fingerprint density at radius 2 is 1.84 bits per heavy atom. The molecule has 19 heavy (non-hydrogen) atoms. The standard InChI is InChI=1S/C16H23NO2/c1-3-4-13-5-7-14(8-6-13)11-17(2)15(19)16(12-18)9-10-16/h5-8,18H,3-4,9-12H2,1-2H3. The molecule has 104 valence electrons. The minimum atomic E-state index is -0.461. The molecule has 0 unspecified atom stereocenters. The molecule has 1 N–H and O–H groups in total. The van der Waals surface area contributed by atoms with Crippen LogP contribution in [0.5, 0.6) is 0 Å². The fourth-order valence-electron chi connectivity index (χ4n) is 2.44. The maximum atomic E-state index is 12.2. The molecular formula is C16H23NO2. The van der Waals surface area contributed by atoms with Crippen LogP contribution >= 0.6 is 0 Å². The van der Waals surface area contributed by atoms with Gasteiger partial charge >= 0.3 is 0 Å². The Hall–Kier alpha value is -1.35. The highest BCUT2D eigenvalue weighted by molar-refractivity contribution is 5.85. The van der Waals surface area contributed by atoms with Crippen molar-refractivity contribution < 1.29 is 9.90 Å². The van der Waals surface area contributed by atoms with E-state index < -0.39 is 5.41 Å². The quantitative estimate of drug-likeness (QED) is 0.854. The lowest BCUT2D eigenvalue weighted by Crippen LogP contribution is -2.35. The molecule has 3 heteroatoms. The maximum absolute atomic E-state index is 12.2. The number of hydrogen-bond donors (Lipinski definition) is 1. The van der Waals surface area contributed by atoms with Gasteiger partial charge < -0.3 is 10.0 Å². The summed E-state index contributed by atoms with van der Waals surface area (Å²) in [5.74, 6) is 0.0765. The van der Waals surface area contributed by atoms with Crippen molar-refractivity contribution >= 4 is 5.91 Å². The van der Waals surface area contributed by atoms with Gasteiger partial charge in [-0.3, -0.25) is 4.79 Å². The van der Waals surface area contributed by atoms with Crippen molar-refractivity contribution in [3.63, 3.8) is 0 Å². The Bertz CT molecular complexity index is 435. The number of rotatable bonds is 6. The van der Waals surface area contributed by atoms with Gasteiger partial charge in [-0.1, -0.05) is 37.6 Å². The van der Waals surface area contributed by atoms with Crippen molar-refractivity contribution in [3.8, 4) is 0 Å². The summed E-state index contributed by atoms with van der Waals surface area (Å²) in [5, 5.41) is 9.29. The number of carbonyl (C=O) groups excluding carboxylic acids is 1. The fourth-order valence-corrected chi connectivity index (χ4v) is 2.44. The normalized spacial score (nSPS) is 16.2. The van der Waals surface area contributed by atoms with Crippen LogP contribution in [0.3, 0.4) is 0 Å². The van der Waals surface area contributed by atoms with Crippen LogP contribution < -0.4 is 0 Å². The summed E-state index contributed by atoms with van der Waals surface area (Å²) in [6, 6.07) is 8.45. The van der Waals surface area contributed by atoms with Gasteiger partial charge in [-0.25, -0.2) is 0 Å². The molecule has 1 fully saturated rings. The van der Waals surface area contributed by atoms with Crippen LogP contribution in [0.2, 0.25) is 0 Å². The highest BCUT2D eigenvalue weighted by Crippen LogP contribution is 2.46. The van der Waals surface area contributed by atoms with Gasteiger partial charge in [0.15, 0.2) is 0 Å². The van der Waals surface area contributed by atoms with Crippen LogP contribution in [-0.2, 0) is 17.8 Å². The molecule has 2 rings (SSSR count). The van der Waals surface area contributed by atoms with Gasteiger partial charge in [0.25, 0.3) is 0 Å². The third kappa shape index (κ3) is 3.16. The van der Waals surface area contributed by atoms with E-state index >= 15 is 0 Å². The van der Waals surface area contributed by atoms with E-state index in [0.717, 1.165) is 31.2 Å². The highest BCUT2D eigenvalue weighted by Gasteiger charge is 2.50. The molecule has 1 aliphatic carbocycles. The Balaban J connectivity index is 1.95. The summed E-state index contributed by atoms with van der Waals surface area (Å²) in [4.78, 5) is 13.9. The summed E-state index contributed by atoms with van der Waals surface area (Å²) >= 11 is 0. The molecule has 0 bridgehead atoms. The number of benzene rings is 1. The molecular weight excluding hydrogens is 238 g/mol. The van der Waals surface area contributed by atoms with E-state index in [-0.39, 0.29) is 12.5 Å². The first-order valence-corrected chi connectivity index (χ1v) is 7.05. The van der Waals surface area contributed by atoms with E-state index in [1.807, 2.05) is 7.05 Å². The van der Waals surface area contributed by atoms with E-state index in [1.165, 1.54) is 5.56 Å². The minimum absolute atomic E-state index is 0.0222. The predicted molar refractivity (Wildman–Crippen MR) is 75.7 cm³/mol. The molecule has 1 aliphatic rings. The lowest BCUT2D eigenvalue weighted by atomic mass is 10.1.